The van der Waals surface area contributed by atoms with Crippen LogP contribution in [0.1, 0.15) is 17.3 Å². The zero-order chi connectivity index (χ0) is 13.1. The Morgan fingerprint density at radius 3 is 2.39 bits per heavy atom. The highest BCUT2D eigenvalue weighted by atomic mass is 16.5. The van der Waals surface area contributed by atoms with Gasteiger partial charge in [0, 0.05) is 12.6 Å². The van der Waals surface area contributed by atoms with Gasteiger partial charge < -0.3 is 10.1 Å². The summed E-state index contributed by atoms with van der Waals surface area (Å²) in [5, 5.41) is 4.23. The minimum atomic E-state index is -0.505. The molecule has 0 aromatic heterocycles. The summed E-state index contributed by atoms with van der Waals surface area (Å²) < 4.78 is 5.03. The van der Waals surface area contributed by atoms with Gasteiger partial charge in [0.1, 0.15) is 5.75 Å². The highest BCUT2D eigenvalue weighted by Crippen LogP contribution is 2.22. The van der Waals surface area contributed by atoms with Crippen LogP contribution in [0.3, 0.4) is 0 Å². The maximum Gasteiger partial charge on any atom is 0.412 e. The van der Waals surface area contributed by atoms with Gasteiger partial charge in [0.15, 0.2) is 5.78 Å². The predicted molar refractivity (Wildman–Crippen MR) is 69.0 cm³/mol. The Morgan fingerprint density at radius 2 is 1.72 bits per heavy atom. The summed E-state index contributed by atoms with van der Waals surface area (Å²) in [5.41, 5.74) is 0.669. The van der Waals surface area contributed by atoms with Crippen LogP contribution in [0.5, 0.6) is 5.75 Å². The van der Waals surface area contributed by atoms with E-state index in [1.807, 2.05) is 18.2 Å². The van der Waals surface area contributed by atoms with Crippen molar-refractivity contribution in [2.45, 2.75) is 6.92 Å². The number of ketones is 1. The van der Waals surface area contributed by atoms with E-state index >= 15 is 0 Å². The topological polar surface area (TPSA) is 55.4 Å². The first-order chi connectivity index (χ1) is 8.60. The third-order valence-electron chi connectivity index (χ3n) is 2.63. The standard InChI is InChI=1S/C14H13NO3/c1-9(16)10-3-4-12-8-13(18-14(17)15-2)6-5-11(12)7-10/h3-8H,1-2H3,(H,15,17). The summed E-state index contributed by atoms with van der Waals surface area (Å²) in [6.07, 6.45) is -0.505. The van der Waals surface area contributed by atoms with Gasteiger partial charge in [0.05, 0.1) is 0 Å². The molecule has 2 aromatic carbocycles. The lowest BCUT2D eigenvalue weighted by Gasteiger charge is -2.05. The number of nitrogens with one attached hydrogen (secondary N) is 1. The first kappa shape index (κ1) is 12.1. The molecule has 4 heteroatoms. The van der Waals surface area contributed by atoms with Crippen molar-refractivity contribution in [2.24, 2.45) is 0 Å². The van der Waals surface area contributed by atoms with E-state index in [0.717, 1.165) is 10.8 Å². The number of rotatable bonds is 2. The zero-order valence-electron chi connectivity index (χ0n) is 10.2. The number of amides is 1. The summed E-state index contributed by atoms with van der Waals surface area (Å²) in [7, 11) is 1.50. The number of carbonyl (C=O) groups is 2. The van der Waals surface area contributed by atoms with Gasteiger partial charge in [-0.25, -0.2) is 4.79 Å². The number of fused-ring (bicyclic) bond motifs is 1. The van der Waals surface area contributed by atoms with Crippen LogP contribution in [0.2, 0.25) is 0 Å². The quantitative estimate of drug-likeness (QED) is 0.825. The summed E-state index contributed by atoms with van der Waals surface area (Å²) in [5.74, 6) is 0.500. The van der Waals surface area contributed by atoms with E-state index in [-0.39, 0.29) is 5.78 Å². The van der Waals surface area contributed by atoms with Gasteiger partial charge in [-0.3, -0.25) is 4.79 Å². The third-order valence-corrected chi connectivity index (χ3v) is 2.63. The zero-order valence-corrected chi connectivity index (χ0v) is 10.2. The Balaban J connectivity index is 2.38. The number of benzene rings is 2. The Labute approximate surface area is 105 Å². The molecule has 0 aliphatic heterocycles. The fourth-order valence-corrected chi connectivity index (χ4v) is 1.66. The van der Waals surface area contributed by atoms with Gasteiger partial charge in [-0.15, -0.1) is 0 Å². The van der Waals surface area contributed by atoms with E-state index in [2.05, 4.69) is 5.32 Å². The summed E-state index contributed by atoms with van der Waals surface area (Å²) in [4.78, 5) is 22.3. The van der Waals surface area contributed by atoms with Gasteiger partial charge in [-0.2, -0.15) is 0 Å². The van der Waals surface area contributed by atoms with Gasteiger partial charge in [-0.1, -0.05) is 18.2 Å². The maximum atomic E-state index is 11.3. The molecular formula is C14H13NO3. The first-order valence-corrected chi connectivity index (χ1v) is 5.54. The van der Waals surface area contributed by atoms with Crippen molar-refractivity contribution in [2.75, 3.05) is 7.05 Å². The summed E-state index contributed by atoms with van der Waals surface area (Å²) >= 11 is 0. The second-order valence-corrected chi connectivity index (χ2v) is 3.92. The monoisotopic (exact) mass is 243 g/mol. The highest BCUT2D eigenvalue weighted by Gasteiger charge is 2.04. The van der Waals surface area contributed by atoms with E-state index in [0.29, 0.717) is 11.3 Å². The van der Waals surface area contributed by atoms with Crippen LogP contribution in [-0.2, 0) is 0 Å². The molecule has 2 rings (SSSR count). The molecule has 1 N–H and O–H groups in total. The number of ether oxygens (including phenoxy) is 1. The molecule has 0 fully saturated rings. The van der Waals surface area contributed by atoms with Crippen molar-refractivity contribution in [3.63, 3.8) is 0 Å². The molecule has 18 heavy (non-hydrogen) atoms. The Hall–Kier alpha value is -2.36. The lowest BCUT2D eigenvalue weighted by Crippen LogP contribution is -2.21. The van der Waals surface area contributed by atoms with Crippen LogP contribution >= 0.6 is 0 Å². The average Bonchev–Trinajstić information content (AvgIpc) is 2.37. The van der Waals surface area contributed by atoms with Gasteiger partial charge in [0.25, 0.3) is 0 Å². The SMILES string of the molecule is CNC(=O)Oc1ccc2cc(C(C)=O)ccc2c1. The molecule has 0 aliphatic carbocycles. The van der Waals surface area contributed by atoms with Crippen LogP contribution in [0.25, 0.3) is 10.8 Å². The minimum Gasteiger partial charge on any atom is -0.410 e. The molecule has 0 atom stereocenters. The first-order valence-electron chi connectivity index (χ1n) is 5.54. The van der Waals surface area contributed by atoms with Crippen LogP contribution in [0, 0.1) is 0 Å². The lowest BCUT2D eigenvalue weighted by molar-refractivity contribution is 0.101. The molecule has 0 saturated heterocycles. The van der Waals surface area contributed by atoms with Crippen LogP contribution in [0.4, 0.5) is 4.79 Å². The van der Waals surface area contributed by atoms with Gasteiger partial charge >= 0.3 is 6.09 Å². The van der Waals surface area contributed by atoms with Crippen molar-refractivity contribution in [3.05, 3.63) is 42.0 Å². The van der Waals surface area contributed by atoms with Crippen molar-refractivity contribution in [1.29, 1.82) is 0 Å². The van der Waals surface area contributed by atoms with Gasteiger partial charge in [-0.05, 0) is 35.9 Å². The smallest absolute Gasteiger partial charge is 0.410 e. The molecule has 2 aromatic rings. The molecule has 0 aliphatic rings. The Kier molecular flexibility index (Phi) is 3.28. The highest BCUT2D eigenvalue weighted by molar-refractivity contribution is 5.98. The third kappa shape index (κ3) is 2.48. The van der Waals surface area contributed by atoms with E-state index in [1.165, 1.54) is 14.0 Å². The lowest BCUT2D eigenvalue weighted by atomic mass is 10.0. The second kappa shape index (κ2) is 4.87. The van der Waals surface area contributed by atoms with Crippen LogP contribution < -0.4 is 10.1 Å². The van der Waals surface area contributed by atoms with Gasteiger partial charge in [0.2, 0.25) is 0 Å². The van der Waals surface area contributed by atoms with E-state index < -0.39 is 6.09 Å². The van der Waals surface area contributed by atoms with Crippen LogP contribution in [-0.4, -0.2) is 18.9 Å². The Bertz CT molecular complexity index is 619. The van der Waals surface area contributed by atoms with Crippen molar-refractivity contribution < 1.29 is 14.3 Å². The molecule has 0 unspecified atom stereocenters. The number of hydrogen-bond donors (Lipinski definition) is 1. The molecule has 0 spiro atoms. The fourth-order valence-electron chi connectivity index (χ4n) is 1.66. The molecule has 0 radical (unpaired) electrons. The molecule has 0 bridgehead atoms. The molecule has 1 amide bonds. The molecular weight excluding hydrogens is 230 g/mol. The van der Waals surface area contributed by atoms with Crippen molar-refractivity contribution in [1.82, 2.24) is 5.32 Å². The largest absolute Gasteiger partial charge is 0.412 e. The Morgan fingerprint density at radius 1 is 1.06 bits per heavy atom. The maximum absolute atomic E-state index is 11.3. The molecule has 92 valence electrons. The van der Waals surface area contributed by atoms with Crippen molar-refractivity contribution >= 4 is 22.6 Å². The van der Waals surface area contributed by atoms with E-state index in [9.17, 15) is 9.59 Å². The minimum absolute atomic E-state index is 0.0302. The average molecular weight is 243 g/mol. The number of Topliss-reactive ketones (excluding diaryl/α,β-unsaturated/α-hetero) is 1. The van der Waals surface area contributed by atoms with Crippen LogP contribution in [0.15, 0.2) is 36.4 Å². The predicted octanol–water partition coefficient (Wildman–Crippen LogP) is 2.76. The fraction of sp³-hybridized carbons (Fsp3) is 0.143. The number of hydrogen-bond acceptors (Lipinski definition) is 3. The normalized spacial score (nSPS) is 10.1. The summed E-state index contributed by atoms with van der Waals surface area (Å²) in [6, 6.07) is 10.7. The van der Waals surface area contributed by atoms with E-state index in [4.69, 9.17) is 4.74 Å². The summed E-state index contributed by atoms with van der Waals surface area (Å²) in [6.45, 7) is 1.53. The molecule has 0 heterocycles. The molecule has 0 saturated carbocycles. The van der Waals surface area contributed by atoms with Crippen molar-refractivity contribution in [3.8, 4) is 5.75 Å². The number of carbonyl (C=O) groups excluding carboxylic acids is 2. The van der Waals surface area contributed by atoms with E-state index in [1.54, 1.807) is 18.2 Å². The molecule has 4 nitrogen and oxygen atoms in total. The second-order valence-electron chi connectivity index (χ2n) is 3.92.